The number of para-hydroxylation sites is 1. The zero-order valence-corrected chi connectivity index (χ0v) is 14.5. The average Bonchev–Trinajstić information content (AvgIpc) is 2.42. The monoisotopic (exact) mass is 320 g/mol. The van der Waals surface area contributed by atoms with Gasteiger partial charge < -0.3 is 20.1 Å². The van der Waals surface area contributed by atoms with Gasteiger partial charge in [-0.1, -0.05) is 18.2 Å². The van der Waals surface area contributed by atoms with Gasteiger partial charge in [0.1, 0.15) is 5.60 Å². The lowest BCUT2D eigenvalue weighted by Gasteiger charge is -2.37. The van der Waals surface area contributed by atoms with Crippen molar-refractivity contribution in [2.45, 2.75) is 64.8 Å². The van der Waals surface area contributed by atoms with Crippen LogP contribution in [0.25, 0.3) is 0 Å². The third kappa shape index (κ3) is 5.75. The van der Waals surface area contributed by atoms with Crippen LogP contribution in [-0.4, -0.2) is 30.4 Å². The van der Waals surface area contributed by atoms with Gasteiger partial charge >= 0.3 is 6.09 Å². The first-order valence-corrected chi connectivity index (χ1v) is 8.29. The van der Waals surface area contributed by atoms with E-state index in [0.29, 0.717) is 19.3 Å². The van der Waals surface area contributed by atoms with Crippen molar-refractivity contribution in [1.82, 2.24) is 5.32 Å². The van der Waals surface area contributed by atoms with Crippen LogP contribution in [0.4, 0.5) is 10.5 Å². The zero-order chi connectivity index (χ0) is 16.9. The summed E-state index contributed by atoms with van der Waals surface area (Å²) in [5, 5.41) is 6.45. The molecular formula is C18H28N2O3. The van der Waals surface area contributed by atoms with Crippen molar-refractivity contribution in [1.29, 1.82) is 0 Å². The number of nitrogens with one attached hydrogen (secondary N) is 2. The topological polar surface area (TPSA) is 59.6 Å². The summed E-state index contributed by atoms with van der Waals surface area (Å²) in [5.74, 6) is 0. The van der Waals surface area contributed by atoms with Crippen LogP contribution < -0.4 is 10.6 Å². The number of hydrogen-bond acceptors (Lipinski definition) is 4. The van der Waals surface area contributed by atoms with Crippen LogP contribution in [0.15, 0.2) is 24.3 Å². The highest BCUT2D eigenvalue weighted by Gasteiger charge is 2.31. The second kappa shape index (κ2) is 7.68. The molecule has 0 saturated heterocycles. The number of hydrogen-bond donors (Lipinski definition) is 2. The van der Waals surface area contributed by atoms with E-state index < -0.39 is 5.60 Å². The Balaban J connectivity index is 1.77. The van der Waals surface area contributed by atoms with Crippen LogP contribution in [0.2, 0.25) is 0 Å². The Hall–Kier alpha value is -1.75. The van der Waals surface area contributed by atoms with Gasteiger partial charge in [0.25, 0.3) is 0 Å². The molecule has 0 atom stereocenters. The van der Waals surface area contributed by atoms with Crippen molar-refractivity contribution in [2.75, 3.05) is 11.9 Å². The minimum absolute atomic E-state index is 0.182. The fourth-order valence-corrected chi connectivity index (χ4v) is 2.55. The van der Waals surface area contributed by atoms with Gasteiger partial charge in [-0.15, -0.1) is 0 Å². The summed E-state index contributed by atoms with van der Waals surface area (Å²) in [6.07, 6.45) is 1.47. The Bertz CT molecular complexity index is 519. The second-order valence-corrected chi connectivity index (χ2v) is 6.95. The number of carbonyl (C=O) groups is 1. The smallest absolute Gasteiger partial charge is 0.407 e. The standard InChI is InChI=1S/C18H28N2O3/c1-5-22-12-13-8-6-7-9-16(13)19-14-10-15(11-14)20-17(21)23-18(2,3)4/h6-9,14-15,19H,5,10-12H2,1-4H3,(H,20,21). The lowest BCUT2D eigenvalue weighted by atomic mass is 9.86. The minimum atomic E-state index is -0.455. The predicted molar refractivity (Wildman–Crippen MR) is 91.6 cm³/mol. The largest absolute Gasteiger partial charge is 0.444 e. The number of anilines is 1. The molecule has 0 aliphatic heterocycles. The molecule has 0 radical (unpaired) electrons. The highest BCUT2D eigenvalue weighted by atomic mass is 16.6. The summed E-state index contributed by atoms with van der Waals surface area (Å²) in [7, 11) is 0. The maximum absolute atomic E-state index is 11.7. The Kier molecular flexibility index (Phi) is 5.88. The van der Waals surface area contributed by atoms with E-state index in [1.54, 1.807) is 0 Å². The summed E-state index contributed by atoms with van der Waals surface area (Å²) < 4.78 is 10.8. The number of amides is 1. The first-order chi connectivity index (χ1) is 10.9. The lowest BCUT2D eigenvalue weighted by Crippen LogP contribution is -2.50. The molecule has 5 heteroatoms. The van der Waals surface area contributed by atoms with Gasteiger partial charge in [0.15, 0.2) is 0 Å². The van der Waals surface area contributed by atoms with Crippen LogP contribution in [0.3, 0.4) is 0 Å². The Morgan fingerprint density at radius 3 is 2.57 bits per heavy atom. The van der Waals surface area contributed by atoms with Gasteiger partial charge in [0.2, 0.25) is 0 Å². The fraction of sp³-hybridized carbons (Fsp3) is 0.611. The fourth-order valence-electron chi connectivity index (χ4n) is 2.55. The SMILES string of the molecule is CCOCc1ccccc1NC1CC(NC(=O)OC(C)(C)C)C1. The van der Waals surface area contributed by atoms with E-state index in [-0.39, 0.29) is 12.1 Å². The molecule has 1 fully saturated rings. The van der Waals surface area contributed by atoms with Crippen molar-refractivity contribution < 1.29 is 14.3 Å². The normalized spacial score (nSPS) is 20.5. The highest BCUT2D eigenvalue weighted by molar-refractivity contribution is 5.68. The van der Waals surface area contributed by atoms with E-state index in [1.807, 2.05) is 39.8 Å². The second-order valence-electron chi connectivity index (χ2n) is 6.95. The molecule has 23 heavy (non-hydrogen) atoms. The molecule has 1 aliphatic carbocycles. The molecular weight excluding hydrogens is 292 g/mol. The van der Waals surface area contributed by atoms with Crippen LogP contribution in [0.5, 0.6) is 0 Å². The quantitative estimate of drug-likeness (QED) is 0.839. The molecule has 1 saturated carbocycles. The van der Waals surface area contributed by atoms with Crippen LogP contribution in [0.1, 0.15) is 46.1 Å². The third-order valence-corrected chi connectivity index (χ3v) is 3.70. The van der Waals surface area contributed by atoms with Crippen LogP contribution >= 0.6 is 0 Å². The summed E-state index contributed by atoms with van der Waals surface area (Å²) in [6.45, 7) is 8.92. The molecule has 1 aromatic rings. The van der Waals surface area contributed by atoms with Gasteiger partial charge in [0.05, 0.1) is 6.61 Å². The molecule has 2 N–H and O–H groups in total. The molecule has 1 aromatic carbocycles. The lowest BCUT2D eigenvalue weighted by molar-refractivity contribution is 0.0475. The van der Waals surface area contributed by atoms with E-state index >= 15 is 0 Å². The predicted octanol–water partition coefficient (Wildman–Crippen LogP) is 3.69. The molecule has 2 rings (SSSR count). The van der Waals surface area contributed by atoms with Crippen LogP contribution in [0, 0.1) is 0 Å². The van der Waals surface area contributed by atoms with Gasteiger partial charge in [-0.05, 0) is 46.6 Å². The molecule has 0 bridgehead atoms. The maximum atomic E-state index is 11.7. The van der Waals surface area contributed by atoms with E-state index in [4.69, 9.17) is 9.47 Å². The van der Waals surface area contributed by atoms with E-state index in [9.17, 15) is 4.79 Å². The molecule has 0 unspecified atom stereocenters. The number of alkyl carbamates (subject to hydrolysis) is 1. The number of ether oxygens (including phenoxy) is 2. The zero-order valence-electron chi connectivity index (χ0n) is 14.5. The van der Waals surface area contributed by atoms with Gasteiger partial charge in [-0.2, -0.15) is 0 Å². The van der Waals surface area contributed by atoms with Gasteiger partial charge in [0, 0.05) is 29.9 Å². The van der Waals surface area contributed by atoms with Crippen molar-refractivity contribution in [3.05, 3.63) is 29.8 Å². The Morgan fingerprint density at radius 2 is 1.91 bits per heavy atom. The molecule has 1 aliphatic rings. The molecule has 0 heterocycles. The summed E-state index contributed by atoms with van der Waals surface area (Å²) in [6, 6.07) is 8.75. The third-order valence-electron chi connectivity index (χ3n) is 3.70. The molecule has 0 aromatic heterocycles. The van der Waals surface area contributed by atoms with Gasteiger partial charge in [-0.3, -0.25) is 0 Å². The molecule has 5 nitrogen and oxygen atoms in total. The summed E-state index contributed by atoms with van der Waals surface area (Å²) in [4.78, 5) is 11.7. The first-order valence-electron chi connectivity index (χ1n) is 8.29. The first kappa shape index (κ1) is 17.6. The Morgan fingerprint density at radius 1 is 1.22 bits per heavy atom. The minimum Gasteiger partial charge on any atom is -0.444 e. The van der Waals surface area contributed by atoms with Crippen molar-refractivity contribution >= 4 is 11.8 Å². The number of rotatable bonds is 6. The van der Waals surface area contributed by atoms with Crippen molar-refractivity contribution in [3.63, 3.8) is 0 Å². The van der Waals surface area contributed by atoms with E-state index in [1.165, 1.54) is 0 Å². The number of benzene rings is 1. The average molecular weight is 320 g/mol. The highest BCUT2D eigenvalue weighted by Crippen LogP contribution is 2.26. The molecule has 128 valence electrons. The van der Waals surface area contributed by atoms with E-state index in [0.717, 1.165) is 24.1 Å². The van der Waals surface area contributed by atoms with Crippen molar-refractivity contribution in [3.8, 4) is 0 Å². The summed E-state index contributed by atoms with van der Waals surface area (Å²) >= 11 is 0. The van der Waals surface area contributed by atoms with Crippen LogP contribution in [-0.2, 0) is 16.1 Å². The molecule has 0 spiro atoms. The van der Waals surface area contributed by atoms with Crippen molar-refractivity contribution in [2.24, 2.45) is 0 Å². The summed E-state index contributed by atoms with van der Waals surface area (Å²) in [5.41, 5.74) is 1.82. The number of carbonyl (C=O) groups excluding carboxylic acids is 1. The maximum Gasteiger partial charge on any atom is 0.407 e. The molecule has 1 amide bonds. The van der Waals surface area contributed by atoms with Gasteiger partial charge in [-0.25, -0.2) is 4.79 Å². The Labute approximate surface area is 138 Å². The van der Waals surface area contributed by atoms with E-state index in [2.05, 4.69) is 22.8 Å².